The monoisotopic (exact) mass is 312 g/mol. The van der Waals surface area contributed by atoms with E-state index in [1.54, 1.807) is 6.33 Å². The Morgan fingerprint density at radius 1 is 1.26 bits per heavy atom. The van der Waals surface area contributed by atoms with E-state index < -0.39 is 0 Å². The van der Waals surface area contributed by atoms with E-state index in [0.29, 0.717) is 0 Å². The molecule has 2 aromatic rings. The van der Waals surface area contributed by atoms with Gasteiger partial charge in [-0.1, -0.05) is 30.3 Å². The summed E-state index contributed by atoms with van der Waals surface area (Å²) in [6.07, 6.45) is 4.74. The Kier molecular flexibility index (Phi) is 5.08. The third-order valence-electron chi connectivity index (χ3n) is 4.49. The Morgan fingerprint density at radius 2 is 2.09 bits per heavy atom. The number of anilines is 2. The van der Waals surface area contributed by atoms with E-state index in [-0.39, 0.29) is 12.6 Å². The van der Waals surface area contributed by atoms with Gasteiger partial charge in [0.05, 0.1) is 12.6 Å². The molecule has 1 aromatic carbocycles. The van der Waals surface area contributed by atoms with Gasteiger partial charge in [-0.05, 0) is 24.8 Å². The molecule has 1 aromatic heterocycles. The smallest absolute Gasteiger partial charge is 0.134 e. The van der Waals surface area contributed by atoms with Gasteiger partial charge in [0.15, 0.2) is 0 Å². The average Bonchev–Trinajstić information content (AvgIpc) is 3.09. The second-order valence-electron chi connectivity index (χ2n) is 6.06. The van der Waals surface area contributed by atoms with Crippen LogP contribution in [0.2, 0.25) is 0 Å². The van der Waals surface area contributed by atoms with E-state index >= 15 is 0 Å². The van der Waals surface area contributed by atoms with Crippen molar-refractivity contribution >= 4 is 11.6 Å². The zero-order valence-corrected chi connectivity index (χ0v) is 13.6. The van der Waals surface area contributed by atoms with Crippen molar-refractivity contribution in [3.8, 4) is 0 Å². The molecule has 0 radical (unpaired) electrons. The van der Waals surface area contributed by atoms with Gasteiger partial charge in [-0.2, -0.15) is 0 Å². The summed E-state index contributed by atoms with van der Waals surface area (Å²) in [4.78, 5) is 13.1. The van der Waals surface area contributed by atoms with Crippen molar-refractivity contribution in [2.24, 2.45) is 0 Å². The van der Waals surface area contributed by atoms with Crippen LogP contribution in [0.4, 0.5) is 11.6 Å². The number of aliphatic hydroxyl groups is 1. The van der Waals surface area contributed by atoms with Gasteiger partial charge >= 0.3 is 0 Å². The molecule has 122 valence electrons. The average molecular weight is 312 g/mol. The lowest BCUT2D eigenvalue weighted by molar-refractivity contribution is 0.266. The minimum Gasteiger partial charge on any atom is -0.394 e. The molecule has 0 saturated carbocycles. The molecule has 0 aliphatic carbocycles. The molecule has 5 heteroatoms. The maximum absolute atomic E-state index is 9.49. The molecule has 0 bridgehead atoms. The molecular formula is C18H24N4O. The zero-order chi connectivity index (χ0) is 16.1. The molecule has 2 heterocycles. The van der Waals surface area contributed by atoms with Crippen molar-refractivity contribution in [2.45, 2.75) is 25.3 Å². The highest BCUT2D eigenvalue weighted by Crippen LogP contribution is 2.25. The van der Waals surface area contributed by atoms with Gasteiger partial charge in [0.25, 0.3) is 0 Å². The standard InChI is InChI=1S/C18H24N4O/c1-21(11-9-15-6-3-2-4-7-15)17-12-18(20-14-19-17)22-10-5-8-16(22)13-23/h2-4,6-7,12,14,16,23H,5,8-11,13H2,1H3. The topological polar surface area (TPSA) is 52.5 Å². The first kappa shape index (κ1) is 15.7. The third kappa shape index (κ3) is 3.79. The molecule has 0 spiro atoms. The molecule has 1 unspecified atom stereocenters. The largest absolute Gasteiger partial charge is 0.394 e. The van der Waals surface area contributed by atoms with Crippen LogP contribution < -0.4 is 9.80 Å². The predicted octanol–water partition coefficient (Wildman–Crippen LogP) is 2.12. The zero-order valence-electron chi connectivity index (χ0n) is 13.6. The van der Waals surface area contributed by atoms with Gasteiger partial charge in [-0.15, -0.1) is 0 Å². The molecule has 1 aliphatic heterocycles. The molecule has 1 aliphatic rings. The maximum Gasteiger partial charge on any atom is 0.134 e. The molecule has 23 heavy (non-hydrogen) atoms. The number of aromatic nitrogens is 2. The summed E-state index contributed by atoms with van der Waals surface area (Å²) in [5.74, 6) is 1.84. The molecule has 1 N–H and O–H groups in total. The number of aliphatic hydroxyl groups excluding tert-OH is 1. The molecule has 1 saturated heterocycles. The van der Waals surface area contributed by atoms with Crippen LogP contribution in [-0.4, -0.2) is 47.9 Å². The highest BCUT2D eigenvalue weighted by molar-refractivity contribution is 5.51. The quantitative estimate of drug-likeness (QED) is 0.885. The lowest BCUT2D eigenvalue weighted by Gasteiger charge is -2.25. The van der Waals surface area contributed by atoms with Crippen LogP contribution in [0.15, 0.2) is 42.7 Å². The predicted molar refractivity (Wildman–Crippen MR) is 92.9 cm³/mol. The van der Waals surface area contributed by atoms with Crippen molar-refractivity contribution in [1.29, 1.82) is 0 Å². The van der Waals surface area contributed by atoms with Crippen molar-refractivity contribution in [1.82, 2.24) is 9.97 Å². The maximum atomic E-state index is 9.49. The van der Waals surface area contributed by atoms with Crippen LogP contribution >= 0.6 is 0 Å². The lowest BCUT2D eigenvalue weighted by Crippen LogP contribution is -2.33. The van der Waals surface area contributed by atoms with E-state index in [1.165, 1.54) is 5.56 Å². The summed E-state index contributed by atoms with van der Waals surface area (Å²) in [5, 5.41) is 9.49. The van der Waals surface area contributed by atoms with E-state index in [1.807, 2.05) is 12.1 Å². The molecule has 1 atom stereocenters. The van der Waals surface area contributed by atoms with Crippen LogP contribution in [-0.2, 0) is 6.42 Å². The summed E-state index contributed by atoms with van der Waals surface area (Å²) in [5.41, 5.74) is 1.33. The van der Waals surface area contributed by atoms with Gasteiger partial charge in [0, 0.05) is 26.2 Å². The minimum absolute atomic E-state index is 0.184. The van der Waals surface area contributed by atoms with Crippen molar-refractivity contribution in [2.75, 3.05) is 36.5 Å². The van der Waals surface area contributed by atoms with Crippen molar-refractivity contribution in [3.63, 3.8) is 0 Å². The van der Waals surface area contributed by atoms with Crippen molar-refractivity contribution < 1.29 is 5.11 Å². The Labute approximate surface area is 137 Å². The molecule has 5 nitrogen and oxygen atoms in total. The van der Waals surface area contributed by atoms with Gasteiger partial charge in [0.1, 0.15) is 18.0 Å². The fourth-order valence-corrected chi connectivity index (χ4v) is 3.09. The number of nitrogens with zero attached hydrogens (tertiary/aromatic N) is 4. The highest BCUT2D eigenvalue weighted by Gasteiger charge is 2.25. The fraction of sp³-hybridized carbons (Fsp3) is 0.444. The SMILES string of the molecule is CN(CCc1ccccc1)c1cc(N2CCCC2CO)ncn1. The second-order valence-corrected chi connectivity index (χ2v) is 6.06. The van der Waals surface area contributed by atoms with Crippen LogP contribution in [0.3, 0.4) is 0 Å². The minimum atomic E-state index is 0.184. The molecule has 1 fully saturated rings. The third-order valence-corrected chi connectivity index (χ3v) is 4.49. The lowest BCUT2D eigenvalue weighted by atomic mass is 10.1. The summed E-state index contributed by atoms with van der Waals surface area (Å²) in [7, 11) is 2.06. The number of benzene rings is 1. The Bertz CT molecular complexity index is 619. The summed E-state index contributed by atoms with van der Waals surface area (Å²) in [6, 6.07) is 12.7. The number of likely N-dealkylation sites (N-methyl/N-ethyl adjacent to an activating group) is 1. The van der Waals surface area contributed by atoms with Gasteiger partial charge in [0.2, 0.25) is 0 Å². The highest BCUT2D eigenvalue weighted by atomic mass is 16.3. The van der Waals surface area contributed by atoms with E-state index in [4.69, 9.17) is 0 Å². The Hall–Kier alpha value is -2.14. The number of hydrogen-bond acceptors (Lipinski definition) is 5. The van der Waals surface area contributed by atoms with Gasteiger partial charge in [-0.3, -0.25) is 0 Å². The normalized spacial score (nSPS) is 17.5. The first-order chi connectivity index (χ1) is 11.3. The first-order valence-electron chi connectivity index (χ1n) is 8.22. The molecular weight excluding hydrogens is 288 g/mol. The van der Waals surface area contributed by atoms with Gasteiger partial charge < -0.3 is 14.9 Å². The van der Waals surface area contributed by atoms with Crippen LogP contribution in [0, 0.1) is 0 Å². The second kappa shape index (κ2) is 7.42. The van der Waals surface area contributed by atoms with Crippen LogP contribution in [0.1, 0.15) is 18.4 Å². The number of rotatable bonds is 6. The van der Waals surface area contributed by atoms with E-state index in [2.05, 4.69) is 51.1 Å². The van der Waals surface area contributed by atoms with E-state index in [9.17, 15) is 5.11 Å². The van der Waals surface area contributed by atoms with Crippen molar-refractivity contribution in [3.05, 3.63) is 48.3 Å². The molecule has 0 amide bonds. The Morgan fingerprint density at radius 3 is 2.87 bits per heavy atom. The summed E-state index contributed by atoms with van der Waals surface area (Å²) in [6.45, 7) is 2.04. The van der Waals surface area contributed by atoms with Crippen LogP contribution in [0.5, 0.6) is 0 Å². The first-order valence-corrected chi connectivity index (χ1v) is 8.22. The van der Waals surface area contributed by atoms with E-state index in [0.717, 1.165) is 44.0 Å². The fourth-order valence-electron chi connectivity index (χ4n) is 3.09. The Balaban J connectivity index is 1.66. The van der Waals surface area contributed by atoms with Gasteiger partial charge in [-0.25, -0.2) is 9.97 Å². The van der Waals surface area contributed by atoms with Crippen LogP contribution in [0.25, 0.3) is 0 Å². The summed E-state index contributed by atoms with van der Waals surface area (Å²) < 4.78 is 0. The summed E-state index contributed by atoms with van der Waals surface area (Å²) >= 11 is 0. The number of hydrogen-bond donors (Lipinski definition) is 1. The molecule has 3 rings (SSSR count).